The summed E-state index contributed by atoms with van der Waals surface area (Å²) < 4.78 is 0. The summed E-state index contributed by atoms with van der Waals surface area (Å²) in [5.41, 5.74) is 1.73. The zero-order chi connectivity index (χ0) is 12.3. The smallest absolute Gasteiger partial charge is 0.179 e. The molecule has 0 spiro atoms. The Balaban J connectivity index is 2.30. The molecule has 0 saturated carbocycles. The second-order valence-electron chi connectivity index (χ2n) is 4.70. The topological polar surface area (TPSA) is 20.3 Å². The van der Waals surface area contributed by atoms with Crippen molar-refractivity contribution in [1.29, 1.82) is 0 Å². The third-order valence-corrected chi connectivity index (χ3v) is 3.29. The Morgan fingerprint density at radius 2 is 1.82 bits per heavy atom. The van der Waals surface area contributed by atoms with Gasteiger partial charge in [-0.25, -0.2) is 0 Å². The normalized spacial score (nSPS) is 17.9. The van der Waals surface area contributed by atoms with Crippen LogP contribution in [0.1, 0.15) is 31.4 Å². The van der Waals surface area contributed by atoms with Crippen molar-refractivity contribution < 1.29 is 4.79 Å². The lowest BCUT2D eigenvalue weighted by Gasteiger charge is -2.26. The summed E-state index contributed by atoms with van der Waals surface area (Å²) in [4.78, 5) is 14.6. The van der Waals surface area contributed by atoms with Crippen LogP contribution in [-0.2, 0) is 4.79 Å². The number of nitrogens with zero attached hydrogens (tertiary/aromatic N) is 1. The first-order valence-electron chi connectivity index (χ1n) is 6.19. The van der Waals surface area contributed by atoms with Gasteiger partial charge in [0.2, 0.25) is 0 Å². The maximum absolute atomic E-state index is 12.3. The molecule has 17 heavy (non-hydrogen) atoms. The van der Waals surface area contributed by atoms with Crippen LogP contribution in [0, 0.1) is 0 Å². The van der Waals surface area contributed by atoms with Crippen LogP contribution in [0.2, 0.25) is 0 Å². The summed E-state index contributed by atoms with van der Waals surface area (Å²) >= 11 is 0. The van der Waals surface area contributed by atoms with Crippen molar-refractivity contribution in [2.24, 2.45) is 0 Å². The SMILES string of the molecule is C=C(C)C(=O)C(c1ccccc1)N1CCCC1. The van der Waals surface area contributed by atoms with E-state index in [4.69, 9.17) is 0 Å². The van der Waals surface area contributed by atoms with Gasteiger partial charge in [0.25, 0.3) is 0 Å². The van der Waals surface area contributed by atoms with E-state index in [2.05, 4.69) is 11.5 Å². The van der Waals surface area contributed by atoms with Gasteiger partial charge in [0.05, 0.1) is 6.04 Å². The number of benzene rings is 1. The summed E-state index contributed by atoms with van der Waals surface area (Å²) in [6, 6.07) is 9.90. The predicted molar refractivity (Wildman–Crippen MR) is 69.8 cm³/mol. The van der Waals surface area contributed by atoms with Gasteiger partial charge in [0, 0.05) is 0 Å². The van der Waals surface area contributed by atoms with Gasteiger partial charge in [0.1, 0.15) is 0 Å². The lowest BCUT2D eigenvalue weighted by atomic mass is 9.97. The molecule has 2 heteroatoms. The minimum atomic E-state index is -0.129. The van der Waals surface area contributed by atoms with Crippen LogP contribution < -0.4 is 0 Å². The summed E-state index contributed by atoms with van der Waals surface area (Å²) in [6.45, 7) is 7.62. The fourth-order valence-electron chi connectivity index (χ4n) is 2.40. The van der Waals surface area contributed by atoms with Crippen molar-refractivity contribution in [3.05, 3.63) is 48.0 Å². The van der Waals surface area contributed by atoms with Gasteiger partial charge in [-0.15, -0.1) is 0 Å². The van der Waals surface area contributed by atoms with Crippen molar-refractivity contribution in [3.63, 3.8) is 0 Å². The zero-order valence-electron chi connectivity index (χ0n) is 10.4. The molecule has 0 aromatic heterocycles. The standard InChI is InChI=1S/C15H19NO/c1-12(2)15(17)14(16-10-6-7-11-16)13-8-4-3-5-9-13/h3-5,8-9,14H,1,6-7,10-11H2,2H3. The number of hydrogen-bond acceptors (Lipinski definition) is 2. The number of likely N-dealkylation sites (tertiary alicyclic amines) is 1. The summed E-state index contributed by atoms with van der Waals surface area (Å²) in [7, 11) is 0. The van der Waals surface area contributed by atoms with Gasteiger partial charge in [-0.2, -0.15) is 0 Å². The predicted octanol–water partition coefficient (Wildman–Crippen LogP) is 2.97. The van der Waals surface area contributed by atoms with E-state index in [1.807, 2.05) is 30.3 Å². The van der Waals surface area contributed by atoms with E-state index >= 15 is 0 Å². The third kappa shape index (κ3) is 2.64. The van der Waals surface area contributed by atoms with Crippen LogP contribution in [0.3, 0.4) is 0 Å². The molecule has 90 valence electrons. The zero-order valence-corrected chi connectivity index (χ0v) is 10.4. The molecule has 0 N–H and O–H groups in total. The van der Waals surface area contributed by atoms with E-state index < -0.39 is 0 Å². The highest BCUT2D eigenvalue weighted by Crippen LogP contribution is 2.27. The molecular formula is C15H19NO. The average molecular weight is 229 g/mol. The molecule has 1 aromatic rings. The first-order valence-corrected chi connectivity index (χ1v) is 6.19. The highest BCUT2D eigenvalue weighted by molar-refractivity contribution is 5.99. The Morgan fingerprint density at radius 3 is 2.35 bits per heavy atom. The second-order valence-corrected chi connectivity index (χ2v) is 4.70. The van der Waals surface area contributed by atoms with Crippen molar-refractivity contribution >= 4 is 5.78 Å². The van der Waals surface area contributed by atoms with Crippen LogP contribution in [-0.4, -0.2) is 23.8 Å². The lowest BCUT2D eigenvalue weighted by molar-refractivity contribution is -0.120. The van der Waals surface area contributed by atoms with Crippen molar-refractivity contribution in [2.75, 3.05) is 13.1 Å². The van der Waals surface area contributed by atoms with Gasteiger partial charge >= 0.3 is 0 Å². The highest BCUT2D eigenvalue weighted by Gasteiger charge is 2.29. The number of Topliss-reactive ketones (excluding diaryl/α,β-unsaturated/α-hetero) is 1. The maximum Gasteiger partial charge on any atom is 0.179 e. The van der Waals surface area contributed by atoms with E-state index in [0.29, 0.717) is 5.57 Å². The third-order valence-electron chi connectivity index (χ3n) is 3.29. The van der Waals surface area contributed by atoms with E-state index in [1.54, 1.807) is 6.92 Å². The number of rotatable bonds is 4. The van der Waals surface area contributed by atoms with Crippen molar-refractivity contribution in [3.8, 4) is 0 Å². The summed E-state index contributed by atoms with van der Waals surface area (Å²) in [6.07, 6.45) is 2.37. The Hall–Kier alpha value is -1.41. The highest BCUT2D eigenvalue weighted by atomic mass is 16.1. The summed E-state index contributed by atoms with van der Waals surface area (Å²) in [5, 5.41) is 0. The van der Waals surface area contributed by atoms with Crippen molar-refractivity contribution in [1.82, 2.24) is 4.90 Å². The van der Waals surface area contributed by atoms with Gasteiger partial charge in [-0.1, -0.05) is 36.9 Å². The van der Waals surface area contributed by atoms with Crippen LogP contribution >= 0.6 is 0 Å². The molecule has 0 bridgehead atoms. The van der Waals surface area contributed by atoms with E-state index in [9.17, 15) is 4.79 Å². The molecule has 1 unspecified atom stereocenters. The Bertz CT molecular complexity index is 404. The van der Waals surface area contributed by atoms with E-state index in [1.165, 1.54) is 12.8 Å². The Kier molecular flexibility index (Phi) is 3.75. The molecule has 0 amide bonds. The minimum Gasteiger partial charge on any atom is -0.292 e. The largest absolute Gasteiger partial charge is 0.292 e. The number of carbonyl (C=O) groups excluding carboxylic acids is 1. The number of carbonyl (C=O) groups is 1. The van der Waals surface area contributed by atoms with Crippen LogP contribution in [0.25, 0.3) is 0 Å². The molecule has 1 aliphatic rings. The molecule has 2 rings (SSSR count). The van der Waals surface area contributed by atoms with E-state index in [-0.39, 0.29) is 11.8 Å². The molecule has 2 nitrogen and oxygen atoms in total. The fourth-order valence-corrected chi connectivity index (χ4v) is 2.40. The Labute approximate surface area is 103 Å². The molecule has 1 fully saturated rings. The molecule has 1 atom stereocenters. The summed E-state index contributed by atoms with van der Waals surface area (Å²) in [5.74, 6) is 0.151. The molecule has 0 radical (unpaired) electrons. The lowest BCUT2D eigenvalue weighted by Crippen LogP contribution is -2.32. The molecular weight excluding hydrogens is 210 g/mol. The fraction of sp³-hybridized carbons (Fsp3) is 0.400. The number of ketones is 1. The van der Waals surface area contributed by atoms with Gasteiger partial charge in [-0.3, -0.25) is 9.69 Å². The van der Waals surface area contributed by atoms with Gasteiger partial charge in [0.15, 0.2) is 5.78 Å². The maximum atomic E-state index is 12.3. The molecule has 1 aliphatic heterocycles. The molecule has 1 heterocycles. The first-order chi connectivity index (χ1) is 8.20. The van der Waals surface area contributed by atoms with E-state index in [0.717, 1.165) is 18.7 Å². The van der Waals surface area contributed by atoms with Crippen LogP contribution in [0.15, 0.2) is 42.5 Å². The number of hydrogen-bond donors (Lipinski definition) is 0. The van der Waals surface area contributed by atoms with Gasteiger partial charge < -0.3 is 0 Å². The Morgan fingerprint density at radius 1 is 1.24 bits per heavy atom. The van der Waals surface area contributed by atoms with Crippen LogP contribution in [0.4, 0.5) is 0 Å². The van der Waals surface area contributed by atoms with Crippen LogP contribution in [0.5, 0.6) is 0 Å². The molecule has 1 saturated heterocycles. The molecule has 1 aromatic carbocycles. The molecule has 0 aliphatic carbocycles. The second kappa shape index (κ2) is 5.28. The first kappa shape index (κ1) is 12.1. The average Bonchev–Trinajstić information content (AvgIpc) is 2.84. The van der Waals surface area contributed by atoms with Gasteiger partial charge in [-0.05, 0) is 44.0 Å². The monoisotopic (exact) mass is 229 g/mol. The van der Waals surface area contributed by atoms with Crippen molar-refractivity contribution in [2.45, 2.75) is 25.8 Å². The minimum absolute atomic E-state index is 0.129. The quantitative estimate of drug-likeness (QED) is 0.740.